The SMILES string of the molecule is O=C(O)/C=C1/SC(=NC2CCCCC2)N(CCc2c[nH]c3ccccc23)C1=O. The van der Waals surface area contributed by atoms with Crippen molar-refractivity contribution in [1.82, 2.24) is 9.88 Å². The van der Waals surface area contributed by atoms with E-state index in [-0.39, 0.29) is 16.9 Å². The van der Waals surface area contributed by atoms with Gasteiger partial charge in [-0.15, -0.1) is 0 Å². The molecule has 2 aliphatic rings. The predicted octanol–water partition coefficient (Wildman–Crippen LogP) is 3.94. The van der Waals surface area contributed by atoms with Gasteiger partial charge in [-0.2, -0.15) is 0 Å². The number of amidine groups is 1. The highest BCUT2D eigenvalue weighted by Gasteiger charge is 2.34. The van der Waals surface area contributed by atoms with E-state index in [2.05, 4.69) is 11.1 Å². The molecule has 0 atom stereocenters. The minimum absolute atomic E-state index is 0.226. The molecule has 6 nitrogen and oxygen atoms in total. The standard InChI is InChI=1S/C21H23N3O3S/c25-19(26)12-18-20(27)24(21(28-18)23-15-6-2-1-3-7-15)11-10-14-13-22-17-9-5-4-8-16(14)17/h4-5,8-9,12-13,15,22H,1-3,6-7,10-11H2,(H,25,26)/b18-12+,23-21?. The Morgan fingerprint density at radius 3 is 2.86 bits per heavy atom. The number of fused-ring (bicyclic) bond motifs is 1. The number of hydrogen-bond donors (Lipinski definition) is 2. The van der Waals surface area contributed by atoms with E-state index in [0.717, 1.165) is 48.2 Å². The van der Waals surface area contributed by atoms with Gasteiger partial charge in [-0.3, -0.25) is 14.7 Å². The van der Waals surface area contributed by atoms with Gasteiger partial charge in [0.2, 0.25) is 0 Å². The first-order valence-corrected chi connectivity index (χ1v) is 10.5. The average Bonchev–Trinajstić information content (AvgIpc) is 3.22. The summed E-state index contributed by atoms with van der Waals surface area (Å²) < 4.78 is 0. The number of para-hydroxylation sites is 1. The highest BCUT2D eigenvalue weighted by Crippen LogP contribution is 2.33. The molecule has 1 aliphatic carbocycles. The van der Waals surface area contributed by atoms with Gasteiger partial charge in [-0.25, -0.2) is 4.79 Å². The average molecular weight is 398 g/mol. The maximum Gasteiger partial charge on any atom is 0.329 e. The zero-order valence-electron chi connectivity index (χ0n) is 15.6. The molecule has 0 radical (unpaired) electrons. The second-order valence-electron chi connectivity index (χ2n) is 7.22. The molecule has 1 aromatic carbocycles. The summed E-state index contributed by atoms with van der Waals surface area (Å²) in [5, 5.41) is 10.9. The molecule has 1 saturated carbocycles. The fraction of sp³-hybridized carbons (Fsp3) is 0.381. The van der Waals surface area contributed by atoms with E-state index in [1.165, 1.54) is 18.2 Å². The maximum atomic E-state index is 12.8. The van der Waals surface area contributed by atoms with Crippen LogP contribution in [0.15, 0.2) is 46.4 Å². The normalized spacial score (nSPS) is 21.3. The van der Waals surface area contributed by atoms with Gasteiger partial charge >= 0.3 is 5.97 Å². The van der Waals surface area contributed by atoms with E-state index in [4.69, 9.17) is 10.1 Å². The molecule has 2 aromatic rings. The summed E-state index contributed by atoms with van der Waals surface area (Å²) in [6, 6.07) is 8.30. The van der Waals surface area contributed by atoms with Crippen LogP contribution in [0.4, 0.5) is 0 Å². The number of thioether (sulfide) groups is 1. The van der Waals surface area contributed by atoms with Crippen LogP contribution in [0, 0.1) is 0 Å². The predicted molar refractivity (Wildman–Crippen MR) is 111 cm³/mol. The van der Waals surface area contributed by atoms with Crippen LogP contribution in [0.1, 0.15) is 37.7 Å². The number of aromatic nitrogens is 1. The van der Waals surface area contributed by atoms with Gasteiger partial charge in [0.15, 0.2) is 5.17 Å². The maximum absolute atomic E-state index is 12.8. The van der Waals surface area contributed by atoms with Crippen molar-refractivity contribution in [2.75, 3.05) is 6.54 Å². The summed E-state index contributed by atoms with van der Waals surface area (Å²) in [5.41, 5.74) is 2.21. The van der Waals surface area contributed by atoms with Crippen LogP contribution >= 0.6 is 11.8 Å². The van der Waals surface area contributed by atoms with Crippen molar-refractivity contribution in [3.05, 3.63) is 47.0 Å². The number of rotatable bonds is 5. The zero-order chi connectivity index (χ0) is 19.5. The molecule has 0 spiro atoms. The van der Waals surface area contributed by atoms with Crippen LogP contribution in [-0.2, 0) is 16.0 Å². The van der Waals surface area contributed by atoms with Gasteiger partial charge in [0.1, 0.15) is 0 Å². The first-order valence-electron chi connectivity index (χ1n) is 9.69. The van der Waals surface area contributed by atoms with Gasteiger partial charge < -0.3 is 10.1 Å². The number of carbonyl (C=O) groups is 2. The lowest BCUT2D eigenvalue weighted by atomic mass is 9.96. The number of H-pyrrole nitrogens is 1. The Morgan fingerprint density at radius 1 is 1.29 bits per heavy atom. The smallest absolute Gasteiger partial charge is 0.329 e. The Labute approximate surface area is 167 Å². The van der Waals surface area contributed by atoms with Crippen molar-refractivity contribution < 1.29 is 14.7 Å². The Kier molecular flexibility index (Phi) is 5.52. The monoisotopic (exact) mass is 397 g/mol. The van der Waals surface area contributed by atoms with Gasteiger partial charge in [-0.1, -0.05) is 37.5 Å². The summed E-state index contributed by atoms with van der Waals surface area (Å²) in [6.45, 7) is 0.482. The Morgan fingerprint density at radius 2 is 2.07 bits per heavy atom. The van der Waals surface area contributed by atoms with Crippen LogP contribution in [0.5, 0.6) is 0 Å². The van der Waals surface area contributed by atoms with E-state index in [1.807, 2.05) is 24.4 Å². The molecule has 0 bridgehead atoms. The molecular weight excluding hydrogens is 374 g/mol. The first-order chi connectivity index (χ1) is 13.6. The molecular formula is C21H23N3O3S. The number of carboxylic acid groups (broad SMARTS) is 1. The number of benzene rings is 1. The summed E-state index contributed by atoms with van der Waals surface area (Å²) in [4.78, 5) is 33.9. The molecule has 146 valence electrons. The number of aliphatic carboxylic acids is 1. The van der Waals surface area contributed by atoms with Gasteiger partial charge in [0.05, 0.1) is 10.9 Å². The van der Waals surface area contributed by atoms with Gasteiger partial charge in [0, 0.05) is 29.7 Å². The lowest BCUT2D eigenvalue weighted by Gasteiger charge is -2.21. The summed E-state index contributed by atoms with van der Waals surface area (Å²) in [6.07, 6.45) is 9.28. The molecule has 2 heterocycles. The van der Waals surface area contributed by atoms with Crippen molar-refractivity contribution in [3.63, 3.8) is 0 Å². The quantitative estimate of drug-likeness (QED) is 0.748. The molecule has 1 amide bonds. The van der Waals surface area contributed by atoms with Crippen LogP contribution in [0.25, 0.3) is 10.9 Å². The molecule has 2 N–H and O–H groups in total. The molecule has 1 saturated heterocycles. The first kappa shape index (κ1) is 18.8. The van der Waals surface area contributed by atoms with E-state index in [0.29, 0.717) is 18.1 Å². The molecule has 1 aromatic heterocycles. The fourth-order valence-corrected chi connectivity index (χ4v) is 4.89. The fourth-order valence-electron chi connectivity index (χ4n) is 3.85. The molecule has 2 fully saturated rings. The number of hydrogen-bond acceptors (Lipinski definition) is 4. The van der Waals surface area contributed by atoms with Crippen LogP contribution in [0.3, 0.4) is 0 Å². The van der Waals surface area contributed by atoms with Crippen LogP contribution in [0.2, 0.25) is 0 Å². The minimum atomic E-state index is -1.11. The minimum Gasteiger partial charge on any atom is -0.478 e. The lowest BCUT2D eigenvalue weighted by molar-refractivity contribution is -0.132. The zero-order valence-corrected chi connectivity index (χ0v) is 16.4. The van der Waals surface area contributed by atoms with Gasteiger partial charge in [-0.05, 0) is 42.7 Å². The number of aliphatic imine (C=N–C) groups is 1. The van der Waals surface area contributed by atoms with Crippen molar-refractivity contribution in [2.45, 2.75) is 44.6 Å². The number of carboxylic acids is 1. The number of nitrogens with zero attached hydrogens (tertiary/aromatic N) is 2. The molecule has 4 rings (SSSR count). The summed E-state index contributed by atoms with van der Waals surface area (Å²) >= 11 is 1.19. The number of amides is 1. The Bertz CT molecular complexity index is 957. The van der Waals surface area contributed by atoms with Crippen molar-refractivity contribution in [1.29, 1.82) is 0 Å². The van der Waals surface area contributed by atoms with Crippen molar-refractivity contribution >= 4 is 39.7 Å². The van der Waals surface area contributed by atoms with Crippen molar-refractivity contribution in [2.24, 2.45) is 4.99 Å². The second-order valence-corrected chi connectivity index (χ2v) is 8.23. The number of carbonyl (C=O) groups excluding carboxylic acids is 1. The Balaban J connectivity index is 1.56. The molecule has 7 heteroatoms. The third-order valence-electron chi connectivity index (χ3n) is 5.29. The molecule has 1 aliphatic heterocycles. The topological polar surface area (TPSA) is 85.8 Å². The molecule has 0 unspecified atom stereocenters. The second kappa shape index (κ2) is 8.22. The summed E-state index contributed by atoms with van der Waals surface area (Å²) in [5.74, 6) is -1.37. The lowest BCUT2D eigenvalue weighted by Crippen LogP contribution is -2.32. The number of aromatic amines is 1. The Hall–Kier alpha value is -2.54. The van der Waals surface area contributed by atoms with Crippen LogP contribution < -0.4 is 0 Å². The van der Waals surface area contributed by atoms with Crippen molar-refractivity contribution in [3.8, 4) is 0 Å². The van der Waals surface area contributed by atoms with E-state index < -0.39 is 5.97 Å². The molecule has 28 heavy (non-hydrogen) atoms. The van der Waals surface area contributed by atoms with Crippen LogP contribution in [-0.4, -0.2) is 44.6 Å². The summed E-state index contributed by atoms with van der Waals surface area (Å²) in [7, 11) is 0. The largest absolute Gasteiger partial charge is 0.478 e. The number of nitrogens with one attached hydrogen (secondary N) is 1. The highest BCUT2D eigenvalue weighted by atomic mass is 32.2. The van der Waals surface area contributed by atoms with E-state index in [1.54, 1.807) is 4.90 Å². The van der Waals surface area contributed by atoms with E-state index in [9.17, 15) is 9.59 Å². The van der Waals surface area contributed by atoms with Gasteiger partial charge in [0.25, 0.3) is 5.91 Å². The third kappa shape index (κ3) is 3.99. The van der Waals surface area contributed by atoms with E-state index >= 15 is 0 Å². The highest BCUT2D eigenvalue weighted by molar-refractivity contribution is 8.18. The third-order valence-corrected chi connectivity index (χ3v) is 6.31.